The number of ketones is 1. The Labute approximate surface area is 173 Å². The van der Waals surface area contributed by atoms with Crippen LogP contribution in [0.15, 0.2) is 36.2 Å². The fourth-order valence-electron chi connectivity index (χ4n) is 4.19. The van der Waals surface area contributed by atoms with Gasteiger partial charge in [0.2, 0.25) is 5.78 Å². The molecule has 8 heteroatoms. The molecule has 1 fully saturated rings. The molecule has 0 amide bonds. The minimum Gasteiger partial charge on any atom is -0.496 e. The zero-order chi connectivity index (χ0) is 20.7. The number of methoxy groups -OCH3 is 1. The smallest absolute Gasteiger partial charge is 0.232 e. The lowest BCUT2D eigenvalue weighted by Crippen LogP contribution is -2.44. The number of fused-ring (bicyclic) bond motifs is 2. The van der Waals surface area contributed by atoms with Crippen LogP contribution in [0.2, 0.25) is 0 Å². The van der Waals surface area contributed by atoms with Gasteiger partial charge in [-0.05, 0) is 31.2 Å². The van der Waals surface area contributed by atoms with Crippen LogP contribution in [0, 0.1) is 0 Å². The second-order valence-corrected chi connectivity index (χ2v) is 7.47. The van der Waals surface area contributed by atoms with Crippen LogP contribution in [0.25, 0.3) is 17.1 Å². The quantitative estimate of drug-likeness (QED) is 0.645. The Kier molecular flexibility index (Phi) is 4.72. The number of aromatic amines is 1. The van der Waals surface area contributed by atoms with Gasteiger partial charge in [-0.2, -0.15) is 5.10 Å². The summed E-state index contributed by atoms with van der Waals surface area (Å²) in [5.74, 6) is 1.41. The molecule has 0 saturated carbocycles. The molecule has 1 unspecified atom stereocenters. The molecular formula is C22H23N5O3. The van der Waals surface area contributed by atoms with Crippen LogP contribution in [0.5, 0.6) is 11.5 Å². The van der Waals surface area contributed by atoms with Crippen molar-refractivity contribution in [2.24, 2.45) is 0 Å². The van der Waals surface area contributed by atoms with Gasteiger partial charge in [0.1, 0.15) is 11.5 Å². The van der Waals surface area contributed by atoms with Crippen molar-refractivity contribution < 1.29 is 14.3 Å². The summed E-state index contributed by atoms with van der Waals surface area (Å²) in [7, 11) is 1.64. The highest BCUT2D eigenvalue weighted by atomic mass is 16.5. The summed E-state index contributed by atoms with van der Waals surface area (Å²) in [5, 5.41) is 11.4. The highest BCUT2D eigenvalue weighted by Crippen LogP contribution is 2.44. The fourth-order valence-corrected chi connectivity index (χ4v) is 4.19. The Morgan fingerprint density at radius 3 is 2.90 bits per heavy atom. The normalized spacial score (nSPS) is 19.1. The Morgan fingerprint density at radius 2 is 2.10 bits per heavy atom. The van der Waals surface area contributed by atoms with E-state index in [0.717, 1.165) is 42.9 Å². The summed E-state index contributed by atoms with van der Waals surface area (Å²) in [6.07, 6.45) is 3.37. The number of carbonyl (C=O) groups is 1. The maximum atomic E-state index is 13.1. The number of carbonyl (C=O) groups excluding carboxylic acids is 1. The summed E-state index contributed by atoms with van der Waals surface area (Å²) in [4.78, 5) is 19.7. The second kappa shape index (κ2) is 7.55. The lowest BCUT2D eigenvalue weighted by molar-refractivity contribution is 0.101. The first-order chi connectivity index (χ1) is 14.7. The molecular weight excluding hydrogens is 382 g/mol. The lowest BCUT2D eigenvalue weighted by atomic mass is 9.99. The van der Waals surface area contributed by atoms with Crippen molar-refractivity contribution in [1.29, 1.82) is 0 Å². The van der Waals surface area contributed by atoms with Crippen molar-refractivity contribution in [3.05, 3.63) is 53.0 Å². The summed E-state index contributed by atoms with van der Waals surface area (Å²) in [6, 6.07) is 7.43. The molecule has 2 N–H and O–H groups in total. The van der Waals surface area contributed by atoms with Gasteiger partial charge in [0.15, 0.2) is 11.4 Å². The van der Waals surface area contributed by atoms with E-state index in [1.165, 1.54) is 0 Å². The number of nitrogens with zero attached hydrogens (tertiary/aromatic N) is 3. The van der Waals surface area contributed by atoms with E-state index in [1.807, 2.05) is 18.2 Å². The molecule has 1 atom stereocenters. The summed E-state index contributed by atoms with van der Waals surface area (Å²) in [5.41, 5.74) is 2.75. The van der Waals surface area contributed by atoms with E-state index in [1.54, 1.807) is 25.4 Å². The number of rotatable bonds is 4. The zero-order valence-corrected chi connectivity index (χ0v) is 16.9. The van der Waals surface area contributed by atoms with Crippen molar-refractivity contribution in [2.45, 2.75) is 13.0 Å². The van der Waals surface area contributed by atoms with Gasteiger partial charge < -0.3 is 14.8 Å². The number of ether oxygens (including phenoxy) is 2. The molecule has 4 heterocycles. The van der Waals surface area contributed by atoms with Crippen molar-refractivity contribution >= 4 is 22.9 Å². The number of piperazine rings is 1. The van der Waals surface area contributed by atoms with Gasteiger partial charge in [-0.3, -0.25) is 14.8 Å². The molecule has 0 radical (unpaired) electrons. The fraction of sp³-hybridized carbons (Fsp3) is 0.318. The van der Waals surface area contributed by atoms with E-state index in [2.05, 4.69) is 32.3 Å². The van der Waals surface area contributed by atoms with Crippen LogP contribution in [0.1, 0.15) is 34.6 Å². The van der Waals surface area contributed by atoms with Crippen LogP contribution < -0.4 is 14.8 Å². The Balaban J connectivity index is 1.55. The van der Waals surface area contributed by atoms with E-state index < -0.39 is 0 Å². The van der Waals surface area contributed by atoms with Crippen LogP contribution in [0.3, 0.4) is 0 Å². The largest absolute Gasteiger partial charge is 0.496 e. The van der Waals surface area contributed by atoms with Gasteiger partial charge in [0.25, 0.3) is 0 Å². The number of hydrogen-bond acceptors (Lipinski definition) is 7. The van der Waals surface area contributed by atoms with Gasteiger partial charge in [0, 0.05) is 49.9 Å². The average Bonchev–Trinajstić information content (AvgIpc) is 3.34. The van der Waals surface area contributed by atoms with Crippen LogP contribution in [-0.4, -0.2) is 59.2 Å². The first kappa shape index (κ1) is 18.8. The van der Waals surface area contributed by atoms with Crippen molar-refractivity contribution in [3.63, 3.8) is 0 Å². The van der Waals surface area contributed by atoms with E-state index >= 15 is 0 Å². The summed E-state index contributed by atoms with van der Waals surface area (Å²) in [6.45, 7) is 5.86. The summed E-state index contributed by atoms with van der Waals surface area (Å²) >= 11 is 0. The van der Waals surface area contributed by atoms with Gasteiger partial charge in [-0.15, -0.1) is 0 Å². The van der Waals surface area contributed by atoms with Crippen LogP contribution in [0.4, 0.5) is 0 Å². The van der Waals surface area contributed by atoms with Crippen molar-refractivity contribution in [3.8, 4) is 11.5 Å². The minimum absolute atomic E-state index is 0.0552. The molecule has 0 aliphatic carbocycles. The Bertz CT molecular complexity index is 1150. The van der Waals surface area contributed by atoms with Gasteiger partial charge in [0.05, 0.1) is 23.9 Å². The van der Waals surface area contributed by atoms with E-state index in [0.29, 0.717) is 22.7 Å². The molecule has 2 aliphatic rings. The molecule has 8 nitrogen and oxygen atoms in total. The third-order valence-corrected chi connectivity index (χ3v) is 5.81. The van der Waals surface area contributed by atoms with Crippen molar-refractivity contribution in [2.75, 3.05) is 33.3 Å². The standard InChI is InChI=1S/C22H23N5O3/c1-13(27-10-8-23-9-11-27)19-17(29-2)6-5-15-20(28)18(30-21(15)19)12-16-14-4-3-7-24-22(14)26-25-16/h3-7,12-13,23H,8-11H2,1-2H3,(H,24,25,26)/b18-12-. The number of Topliss-reactive ketones (excluding diaryl/α,β-unsaturated/α-hetero) is 1. The number of benzene rings is 1. The molecule has 0 spiro atoms. The number of hydrogen-bond donors (Lipinski definition) is 2. The minimum atomic E-state index is -0.151. The molecule has 1 saturated heterocycles. The second-order valence-electron chi connectivity index (χ2n) is 7.47. The average molecular weight is 405 g/mol. The molecule has 2 aliphatic heterocycles. The molecule has 0 bridgehead atoms. The number of pyridine rings is 1. The number of nitrogens with one attached hydrogen (secondary N) is 2. The first-order valence-electron chi connectivity index (χ1n) is 10.1. The maximum absolute atomic E-state index is 13.1. The summed E-state index contributed by atoms with van der Waals surface area (Å²) < 4.78 is 11.8. The lowest BCUT2D eigenvalue weighted by Gasteiger charge is -2.34. The van der Waals surface area contributed by atoms with Crippen LogP contribution in [-0.2, 0) is 0 Å². The van der Waals surface area contributed by atoms with E-state index in [4.69, 9.17) is 9.47 Å². The highest BCUT2D eigenvalue weighted by Gasteiger charge is 2.35. The molecule has 5 rings (SSSR count). The predicted octanol–water partition coefficient (Wildman–Crippen LogP) is 2.55. The van der Waals surface area contributed by atoms with Crippen molar-refractivity contribution in [1.82, 2.24) is 25.4 Å². The zero-order valence-electron chi connectivity index (χ0n) is 16.9. The maximum Gasteiger partial charge on any atom is 0.232 e. The monoisotopic (exact) mass is 405 g/mol. The number of aromatic nitrogens is 3. The highest BCUT2D eigenvalue weighted by molar-refractivity contribution is 6.15. The van der Waals surface area contributed by atoms with E-state index in [9.17, 15) is 4.79 Å². The molecule has 154 valence electrons. The van der Waals surface area contributed by atoms with Crippen LogP contribution >= 0.6 is 0 Å². The number of allylic oxidation sites excluding steroid dienone is 1. The Morgan fingerprint density at radius 1 is 1.27 bits per heavy atom. The molecule has 2 aromatic heterocycles. The topological polar surface area (TPSA) is 92.4 Å². The Hall–Kier alpha value is -3.23. The van der Waals surface area contributed by atoms with E-state index in [-0.39, 0.29) is 17.6 Å². The van der Waals surface area contributed by atoms with Gasteiger partial charge in [-0.1, -0.05) is 0 Å². The predicted molar refractivity (Wildman–Crippen MR) is 113 cm³/mol. The molecule has 1 aromatic carbocycles. The van der Waals surface area contributed by atoms with Gasteiger partial charge in [-0.25, -0.2) is 4.98 Å². The third kappa shape index (κ3) is 3.05. The SMILES string of the molecule is COc1ccc2c(c1C(C)N1CCNCC1)O/C(=C\c1n[nH]c3ncccc13)C2=O. The van der Waals surface area contributed by atoms with Gasteiger partial charge >= 0.3 is 0 Å². The third-order valence-electron chi connectivity index (χ3n) is 5.81. The number of H-pyrrole nitrogens is 1. The molecule has 3 aromatic rings. The first-order valence-corrected chi connectivity index (χ1v) is 10.1. The molecule has 30 heavy (non-hydrogen) atoms.